The van der Waals surface area contributed by atoms with E-state index >= 15 is 0 Å². The van der Waals surface area contributed by atoms with Gasteiger partial charge in [-0.15, -0.1) is 0 Å². The number of rotatable bonds is 2. The van der Waals surface area contributed by atoms with Gasteiger partial charge >= 0.3 is 0 Å². The lowest BCUT2D eigenvalue weighted by molar-refractivity contribution is 0.100. The zero-order valence-electron chi connectivity index (χ0n) is 11.1. The fraction of sp³-hybridized carbons (Fsp3) is 0.571. The van der Waals surface area contributed by atoms with E-state index in [4.69, 9.17) is 5.73 Å². The molecule has 0 amide bonds. The molecule has 0 aliphatic carbocycles. The number of benzene rings is 1. The number of nitrogens with two attached hydrogens (primary N) is 1. The summed E-state index contributed by atoms with van der Waals surface area (Å²) in [5.41, 5.74) is 9.50. The lowest BCUT2D eigenvalue weighted by atomic mass is 10.1. The minimum atomic E-state index is 0.634. The molecule has 1 aliphatic rings. The van der Waals surface area contributed by atoms with Crippen LogP contribution >= 0.6 is 0 Å². The Morgan fingerprint density at radius 3 is 2.82 bits per heavy atom. The molecule has 1 heterocycles. The van der Waals surface area contributed by atoms with Crippen molar-refractivity contribution < 1.29 is 0 Å². The van der Waals surface area contributed by atoms with Crippen LogP contribution in [-0.4, -0.2) is 42.5 Å². The summed E-state index contributed by atoms with van der Waals surface area (Å²) in [6.45, 7) is 8.79. The van der Waals surface area contributed by atoms with E-state index in [0.717, 1.165) is 31.9 Å². The van der Waals surface area contributed by atoms with E-state index in [-0.39, 0.29) is 0 Å². The Kier molecular flexibility index (Phi) is 3.69. The third-order valence-corrected chi connectivity index (χ3v) is 3.74. The van der Waals surface area contributed by atoms with Crippen LogP contribution in [0.25, 0.3) is 0 Å². The van der Waals surface area contributed by atoms with Crippen molar-refractivity contribution in [3.63, 3.8) is 0 Å². The molecule has 1 fully saturated rings. The van der Waals surface area contributed by atoms with E-state index in [0.29, 0.717) is 6.04 Å². The van der Waals surface area contributed by atoms with E-state index in [1.165, 1.54) is 11.1 Å². The summed E-state index contributed by atoms with van der Waals surface area (Å²) in [6, 6.07) is 6.93. The maximum atomic E-state index is 6.03. The molecule has 1 atom stereocenters. The summed E-state index contributed by atoms with van der Waals surface area (Å²) in [6.07, 6.45) is 0. The predicted molar refractivity (Wildman–Crippen MR) is 73.0 cm³/mol. The van der Waals surface area contributed by atoms with Gasteiger partial charge in [-0.25, -0.2) is 0 Å². The van der Waals surface area contributed by atoms with E-state index < -0.39 is 0 Å². The Balaban J connectivity index is 2.03. The van der Waals surface area contributed by atoms with Crippen LogP contribution in [0.5, 0.6) is 0 Å². The molecule has 0 spiro atoms. The first-order chi connectivity index (χ1) is 8.06. The van der Waals surface area contributed by atoms with E-state index in [9.17, 15) is 0 Å². The van der Waals surface area contributed by atoms with Crippen LogP contribution in [-0.2, 0) is 6.54 Å². The van der Waals surface area contributed by atoms with Crippen molar-refractivity contribution in [3.05, 3.63) is 29.3 Å². The smallest absolute Gasteiger partial charge is 0.0359 e. The van der Waals surface area contributed by atoms with Crippen molar-refractivity contribution >= 4 is 5.69 Å². The molecule has 3 nitrogen and oxygen atoms in total. The van der Waals surface area contributed by atoms with E-state index in [1.54, 1.807) is 0 Å². The number of hydrogen-bond acceptors (Lipinski definition) is 3. The number of hydrogen-bond donors (Lipinski definition) is 1. The second kappa shape index (κ2) is 5.07. The first kappa shape index (κ1) is 12.4. The minimum Gasteiger partial charge on any atom is -0.398 e. The van der Waals surface area contributed by atoms with Gasteiger partial charge in [0, 0.05) is 37.9 Å². The quantitative estimate of drug-likeness (QED) is 0.789. The molecule has 0 radical (unpaired) electrons. The van der Waals surface area contributed by atoms with Crippen molar-refractivity contribution in [2.24, 2.45) is 0 Å². The summed E-state index contributed by atoms with van der Waals surface area (Å²) in [5, 5.41) is 0. The second-order valence-corrected chi connectivity index (χ2v) is 5.27. The predicted octanol–water partition coefficient (Wildman–Crippen LogP) is 1.71. The number of anilines is 1. The molecule has 2 rings (SSSR count). The average molecular weight is 233 g/mol. The van der Waals surface area contributed by atoms with Crippen LogP contribution < -0.4 is 5.73 Å². The normalized spacial score (nSPS) is 22.9. The number of nitrogens with zero attached hydrogens (tertiary/aromatic N) is 2. The number of nitrogen functional groups attached to an aromatic ring is 1. The summed E-state index contributed by atoms with van der Waals surface area (Å²) in [4.78, 5) is 4.91. The number of piperazine rings is 1. The molecule has 1 aliphatic heterocycles. The molecular weight excluding hydrogens is 210 g/mol. The third-order valence-electron chi connectivity index (χ3n) is 3.74. The van der Waals surface area contributed by atoms with E-state index in [1.807, 2.05) is 6.07 Å². The largest absolute Gasteiger partial charge is 0.398 e. The highest BCUT2D eigenvalue weighted by Gasteiger charge is 2.20. The van der Waals surface area contributed by atoms with Crippen molar-refractivity contribution in [3.8, 4) is 0 Å². The molecule has 3 heteroatoms. The fourth-order valence-electron chi connectivity index (χ4n) is 2.38. The maximum absolute atomic E-state index is 6.03. The molecular formula is C14H23N3. The van der Waals surface area contributed by atoms with Crippen molar-refractivity contribution in [2.75, 3.05) is 32.4 Å². The van der Waals surface area contributed by atoms with Gasteiger partial charge in [0.1, 0.15) is 0 Å². The van der Waals surface area contributed by atoms with Gasteiger partial charge in [-0.1, -0.05) is 17.7 Å². The topological polar surface area (TPSA) is 32.5 Å². The average Bonchev–Trinajstić information content (AvgIpc) is 2.29. The zero-order valence-corrected chi connectivity index (χ0v) is 11.1. The molecule has 17 heavy (non-hydrogen) atoms. The van der Waals surface area contributed by atoms with Crippen LogP contribution in [0.4, 0.5) is 5.69 Å². The van der Waals surface area contributed by atoms with Gasteiger partial charge in [-0.2, -0.15) is 0 Å². The van der Waals surface area contributed by atoms with Gasteiger partial charge in [0.25, 0.3) is 0 Å². The second-order valence-electron chi connectivity index (χ2n) is 5.27. The Hall–Kier alpha value is -1.06. The van der Waals surface area contributed by atoms with Gasteiger partial charge in [0.05, 0.1) is 0 Å². The van der Waals surface area contributed by atoms with Crippen LogP contribution in [0.1, 0.15) is 18.1 Å². The summed E-state index contributed by atoms with van der Waals surface area (Å²) in [5.74, 6) is 0. The van der Waals surface area contributed by atoms with E-state index in [2.05, 4.69) is 42.8 Å². The Morgan fingerprint density at radius 1 is 1.35 bits per heavy atom. The lowest BCUT2D eigenvalue weighted by Gasteiger charge is -2.37. The van der Waals surface area contributed by atoms with Crippen LogP contribution in [0.15, 0.2) is 18.2 Å². The third kappa shape index (κ3) is 2.99. The first-order valence-electron chi connectivity index (χ1n) is 6.34. The van der Waals surface area contributed by atoms with Crippen molar-refractivity contribution in [2.45, 2.75) is 26.4 Å². The Bertz CT molecular complexity index is 389. The highest BCUT2D eigenvalue weighted by molar-refractivity contribution is 5.48. The summed E-state index contributed by atoms with van der Waals surface area (Å²) >= 11 is 0. The van der Waals surface area contributed by atoms with Crippen molar-refractivity contribution in [1.29, 1.82) is 0 Å². The van der Waals surface area contributed by atoms with Gasteiger partial charge in [0.2, 0.25) is 0 Å². The molecule has 0 bridgehead atoms. The molecule has 0 aromatic heterocycles. The van der Waals surface area contributed by atoms with Gasteiger partial charge in [-0.05, 0) is 32.5 Å². The SMILES string of the molecule is Cc1ccc(N)c(CN2CCN(C)C(C)C2)c1. The molecule has 1 aromatic carbocycles. The number of likely N-dealkylation sites (N-methyl/N-ethyl adjacent to an activating group) is 1. The highest BCUT2D eigenvalue weighted by atomic mass is 15.3. The minimum absolute atomic E-state index is 0.634. The Morgan fingerprint density at radius 2 is 2.12 bits per heavy atom. The molecule has 2 N–H and O–H groups in total. The lowest BCUT2D eigenvalue weighted by Crippen LogP contribution is -2.49. The highest BCUT2D eigenvalue weighted by Crippen LogP contribution is 2.18. The van der Waals surface area contributed by atoms with Crippen LogP contribution in [0, 0.1) is 6.92 Å². The molecule has 94 valence electrons. The molecule has 1 aromatic rings. The zero-order chi connectivity index (χ0) is 12.4. The van der Waals surface area contributed by atoms with Gasteiger partial charge < -0.3 is 10.6 Å². The maximum Gasteiger partial charge on any atom is 0.0359 e. The van der Waals surface area contributed by atoms with Crippen LogP contribution in [0.2, 0.25) is 0 Å². The standard InChI is InChI=1S/C14H23N3/c1-11-4-5-14(15)13(8-11)10-17-7-6-16(3)12(2)9-17/h4-5,8,12H,6-7,9-10,15H2,1-3H3. The summed E-state index contributed by atoms with van der Waals surface area (Å²) in [7, 11) is 2.20. The summed E-state index contributed by atoms with van der Waals surface area (Å²) < 4.78 is 0. The number of aryl methyl sites for hydroxylation is 1. The van der Waals surface area contributed by atoms with Gasteiger partial charge in [0.15, 0.2) is 0 Å². The van der Waals surface area contributed by atoms with Crippen LogP contribution in [0.3, 0.4) is 0 Å². The fourth-order valence-corrected chi connectivity index (χ4v) is 2.38. The van der Waals surface area contributed by atoms with Crippen molar-refractivity contribution in [1.82, 2.24) is 9.80 Å². The Labute approximate surface area is 104 Å². The molecule has 1 saturated heterocycles. The van der Waals surface area contributed by atoms with Gasteiger partial charge in [-0.3, -0.25) is 4.90 Å². The molecule has 1 unspecified atom stereocenters. The first-order valence-corrected chi connectivity index (χ1v) is 6.34. The molecule has 0 saturated carbocycles. The monoisotopic (exact) mass is 233 g/mol.